The number of nitrogens with two attached hydrogens (primary N) is 1. The van der Waals surface area contributed by atoms with Crippen molar-refractivity contribution in [1.29, 1.82) is 0 Å². The van der Waals surface area contributed by atoms with Gasteiger partial charge in [0.15, 0.2) is 0 Å². The van der Waals surface area contributed by atoms with E-state index in [-0.39, 0.29) is 5.95 Å². The first-order valence-corrected chi connectivity index (χ1v) is 7.16. The zero-order valence-corrected chi connectivity index (χ0v) is 13.0. The fraction of sp³-hybridized carbons (Fsp3) is 0.375. The maximum absolute atomic E-state index is 5.90. The van der Waals surface area contributed by atoms with E-state index in [1.165, 1.54) is 5.56 Å². The van der Waals surface area contributed by atoms with Gasteiger partial charge in [-0.3, -0.25) is 0 Å². The van der Waals surface area contributed by atoms with Crippen LogP contribution in [0.5, 0.6) is 11.6 Å². The molecule has 0 fully saturated rings. The van der Waals surface area contributed by atoms with Gasteiger partial charge in [-0.15, -0.1) is 0 Å². The Morgan fingerprint density at radius 2 is 2.00 bits per heavy atom. The summed E-state index contributed by atoms with van der Waals surface area (Å²) in [5.74, 6) is 2.55. The van der Waals surface area contributed by atoms with Gasteiger partial charge in [0.2, 0.25) is 11.8 Å². The molecule has 5 nitrogen and oxygen atoms in total. The van der Waals surface area contributed by atoms with E-state index in [1.807, 2.05) is 19.9 Å². The minimum atomic E-state index is 0.195. The van der Waals surface area contributed by atoms with Crippen LogP contribution >= 0.6 is 0 Å². The van der Waals surface area contributed by atoms with Crippen LogP contribution in [0.25, 0.3) is 0 Å². The van der Waals surface area contributed by atoms with Crippen LogP contribution in [0, 0.1) is 6.92 Å². The van der Waals surface area contributed by atoms with Gasteiger partial charge in [0.05, 0.1) is 0 Å². The highest BCUT2D eigenvalue weighted by atomic mass is 16.5. The maximum atomic E-state index is 5.90. The fourth-order valence-electron chi connectivity index (χ4n) is 1.97. The van der Waals surface area contributed by atoms with Crippen LogP contribution in [-0.4, -0.2) is 16.5 Å². The Morgan fingerprint density at radius 3 is 2.67 bits per heavy atom. The van der Waals surface area contributed by atoms with Crippen molar-refractivity contribution < 1.29 is 4.74 Å². The van der Waals surface area contributed by atoms with Crippen molar-refractivity contribution in [3.8, 4) is 11.6 Å². The van der Waals surface area contributed by atoms with E-state index < -0.39 is 0 Å². The molecule has 1 heterocycles. The number of nitrogen functional groups attached to an aromatic ring is 1. The Labute approximate surface area is 125 Å². The van der Waals surface area contributed by atoms with Crippen LogP contribution < -0.4 is 15.8 Å². The van der Waals surface area contributed by atoms with E-state index in [1.54, 1.807) is 6.07 Å². The van der Waals surface area contributed by atoms with Gasteiger partial charge < -0.3 is 15.8 Å². The summed E-state index contributed by atoms with van der Waals surface area (Å²) in [5.41, 5.74) is 8.00. The molecule has 0 spiro atoms. The normalized spacial score (nSPS) is 10.7. The SMILES string of the molecule is CCNc1cc(Oc2cc(C(C)C)ccc2C)nc(N)n1. The second-order valence-electron chi connectivity index (χ2n) is 5.26. The van der Waals surface area contributed by atoms with Crippen molar-refractivity contribution >= 4 is 11.8 Å². The van der Waals surface area contributed by atoms with E-state index in [0.717, 1.165) is 17.9 Å². The van der Waals surface area contributed by atoms with Gasteiger partial charge in [0, 0.05) is 12.6 Å². The molecule has 2 rings (SSSR count). The van der Waals surface area contributed by atoms with Gasteiger partial charge >= 0.3 is 0 Å². The summed E-state index contributed by atoms with van der Waals surface area (Å²) in [5, 5.41) is 3.11. The molecule has 0 bridgehead atoms. The van der Waals surface area contributed by atoms with Crippen LogP contribution in [0.1, 0.15) is 37.8 Å². The van der Waals surface area contributed by atoms with Crippen molar-refractivity contribution in [1.82, 2.24) is 9.97 Å². The minimum Gasteiger partial charge on any atom is -0.438 e. The van der Waals surface area contributed by atoms with Crippen LogP contribution in [0.4, 0.5) is 11.8 Å². The molecule has 112 valence electrons. The molecule has 0 amide bonds. The van der Waals surface area contributed by atoms with Gasteiger partial charge in [-0.05, 0) is 37.0 Å². The van der Waals surface area contributed by atoms with E-state index in [2.05, 4.69) is 41.3 Å². The summed E-state index contributed by atoms with van der Waals surface area (Å²) in [6.07, 6.45) is 0. The van der Waals surface area contributed by atoms with E-state index in [9.17, 15) is 0 Å². The molecule has 0 aliphatic heterocycles. The molecule has 5 heteroatoms. The topological polar surface area (TPSA) is 73.1 Å². The van der Waals surface area contributed by atoms with Gasteiger partial charge in [-0.1, -0.05) is 26.0 Å². The Bertz CT molecular complexity index is 626. The highest BCUT2D eigenvalue weighted by Gasteiger charge is 2.08. The zero-order chi connectivity index (χ0) is 15.4. The summed E-state index contributed by atoms with van der Waals surface area (Å²) in [7, 11) is 0. The highest BCUT2D eigenvalue weighted by Crippen LogP contribution is 2.28. The standard InChI is InChI=1S/C16H22N4O/c1-5-18-14-9-15(20-16(17)19-14)21-13-8-12(10(2)3)7-6-11(13)4/h6-10H,5H2,1-4H3,(H3,17,18,19,20). The van der Waals surface area contributed by atoms with Crippen molar-refractivity contribution in [2.45, 2.75) is 33.6 Å². The maximum Gasteiger partial charge on any atom is 0.226 e. The Hall–Kier alpha value is -2.30. The molecule has 0 radical (unpaired) electrons. The minimum absolute atomic E-state index is 0.195. The Kier molecular flexibility index (Phi) is 4.62. The molecule has 21 heavy (non-hydrogen) atoms. The van der Waals surface area contributed by atoms with Crippen molar-refractivity contribution in [3.05, 3.63) is 35.4 Å². The number of rotatable bonds is 5. The molecule has 2 aromatic rings. The first-order chi connectivity index (χ1) is 9.99. The lowest BCUT2D eigenvalue weighted by molar-refractivity contribution is 0.458. The van der Waals surface area contributed by atoms with Crippen LogP contribution in [0.15, 0.2) is 24.3 Å². The molecule has 0 atom stereocenters. The van der Waals surface area contributed by atoms with E-state index >= 15 is 0 Å². The number of hydrogen-bond acceptors (Lipinski definition) is 5. The highest BCUT2D eigenvalue weighted by molar-refractivity contribution is 5.45. The number of nitrogens with one attached hydrogen (secondary N) is 1. The van der Waals surface area contributed by atoms with Crippen LogP contribution in [0.2, 0.25) is 0 Å². The quantitative estimate of drug-likeness (QED) is 0.876. The summed E-state index contributed by atoms with van der Waals surface area (Å²) in [6, 6.07) is 7.97. The van der Waals surface area contributed by atoms with Gasteiger partial charge in [-0.25, -0.2) is 0 Å². The monoisotopic (exact) mass is 286 g/mol. The third-order valence-electron chi connectivity index (χ3n) is 3.17. The second kappa shape index (κ2) is 6.43. The second-order valence-corrected chi connectivity index (χ2v) is 5.26. The molecule has 0 saturated carbocycles. The summed E-state index contributed by atoms with van der Waals surface area (Å²) < 4.78 is 5.90. The average molecular weight is 286 g/mol. The van der Waals surface area contributed by atoms with E-state index in [0.29, 0.717) is 17.6 Å². The largest absolute Gasteiger partial charge is 0.438 e. The molecular formula is C16H22N4O. The first-order valence-electron chi connectivity index (χ1n) is 7.16. The molecule has 0 aliphatic rings. The number of ether oxygens (including phenoxy) is 1. The number of anilines is 2. The molecule has 0 unspecified atom stereocenters. The Balaban J connectivity index is 2.31. The molecule has 1 aromatic heterocycles. The number of hydrogen-bond donors (Lipinski definition) is 2. The van der Waals surface area contributed by atoms with Gasteiger partial charge in [0.25, 0.3) is 0 Å². The van der Waals surface area contributed by atoms with E-state index in [4.69, 9.17) is 10.5 Å². The molecular weight excluding hydrogens is 264 g/mol. The molecule has 0 aliphatic carbocycles. The summed E-state index contributed by atoms with van der Waals surface area (Å²) in [6.45, 7) is 9.07. The average Bonchev–Trinajstić information content (AvgIpc) is 2.40. The van der Waals surface area contributed by atoms with Crippen molar-refractivity contribution in [2.24, 2.45) is 0 Å². The smallest absolute Gasteiger partial charge is 0.226 e. The van der Waals surface area contributed by atoms with Crippen LogP contribution in [-0.2, 0) is 0 Å². The number of benzene rings is 1. The third kappa shape index (κ3) is 3.84. The van der Waals surface area contributed by atoms with Gasteiger partial charge in [-0.2, -0.15) is 9.97 Å². The predicted molar refractivity (Wildman–Crippen MR) is 86.0 cm³/mol. The van der Waals surface area contributed by atoms with Gasteiger partial charge in [0.1, 0.15) is 11.6 Å². The fourth-order valence-corrected chi connectivity index (χ4v) is 1.97. The number of aromatic nitrogens is 2. The summed E-state index contributed by atoms with van der Waals surface area (Å²) in [4.78, 5) is 8.24. The Morgan fingerprint density at radius 1 is 1.24 bits per heavy atom. The van der Waals surface area contributed by atoms with Crippen molar-refractivity contribution in [3.63, 3.8) is 0 Å². The zero-order valence-electron chi connectivity index (χ0n) is 13.0. The lowest BCUT2D eigenvalue weighted by atomic mass is 10.0. The number of nitrogens with zero attached hydrogens (tertiary/aromatic N) is 2. The number of aryl methyl sites for hydroxylation is 1. The molecule has 0 saturated heterocycles. The third-order valence-corrected chi connectivity index (χ3v) is 3.17. The lowest BCUT2D eigenvalue weighted by Crippen LogP contribution is -2.04. The first kappa shape index (κ1) is 15.1. The lowest BCUT2D eigenvalue weighted by Gasteiger charge is -2.13. The summed E-state index contributed by atoms with van der Waals surface area (Å²) >= 11 is 0. The molecule has 3 N–H and O–H groups in total. The molecule has 1 aromatic carbocycles. The van der Waals surface area contributed by atoms with Crippen molar-refractivity contribution in [2.75, 3.05) is 17.6 Å². The predicted octanol–water partition coefficient (Wildman–Crippen LogP) is 3.71. The van der Waals surface area contributed by atoms with Crippen LogP contribution in [0.3, 0.4) is 0 Å².